The van der Waals surface area contributed by atoms with Gasteiger partial charge >= 0.3 is 5.97 Å². The van der Waals surface area contributed by atoms with Gasteiger partial charge in [0.15, 0.2) is 0 Å². The summed E-state index contributed by atoms with van der Waals surface area (Å²) in [4.78, 5) is 10.8. The second-order valence-corrected chi connectivity index (χ2v) is 5.10. The molecule has 0 fully saturated rings. The molecule has 1 N–H and O–H groups in total. The van der Waals surface area contributed by atoms with Gasteiger partial charge in [0.25, 0.3) is 0 Å². The number of para-hydroxylation sites is 1. The Labute approximate surface area is 128 Å². The normalized spacial score (nSPS) is 11.4. The lowest BCUT2D eigenvalue weighted by atomic mass is 10.1. The molecule has 0 radical (unpaired) electrons. The zero-order chi connectivity index (χ0) is 15.4. The molecule has 1 aromatic heterocycles. The summed E-state index contributed by atoms with van der Waals surface area (Å²) >= 11 is 6.46. The topological polar surface area (TPSA) is 51.5 Å². The van der Waals surface area contributed by atoms with Crippen molar-refractivity contribution in [2.45, 2.75) is 26.3 Å². The molecule has 0 amide bonds. The van der Waals surface area contributed by atoms with E-state index in [2.05, 4.69) is 6.92 Å². The van der Waals surface area contributed by atoms with Crippen molar-refractivity contribution in [3.63, 3.8) is 0 Å². The molecule has 0 aliphatic rings. The molecular formula is C16H18ClNO3. The van der Waals surface area contributed by atoms with Gasteiger partial charge in [-0.1, -0.05) is 37.1 Å². The lowest BCUT2D eigenvalue weighted by molar-refractivity contribution is -0.131. The highest BCUT2D eigenvalue weighted by atomic mass is 35.5. The highest BCUT2D eigenvalue weighted by molar-refractivity contribution is 6.33. The Morgan fingerprint density at radius 1 is 1.48 bits per heavy atom. The number of carboxylic acids is 1. The Balaban J connectivity index is 2.69. The van der Waals surface area contributed by atoms with Crippen LogP contribution in [0.3, 0.4) is 0 Å². The van der Waals surface area contributed by atoms with Gasteiger partial charge in [-0.3, -0.25) is 0 Å². The average Bonchev–Trinajstić information content (AvgIpc) is 2.74. The van der Waals surface area contributed by atoms with Crippen LogP contribution >= 0.6 is 11.6 Å². The first-order chi connectivity index (χ1) is 10.1. The van der Waals surface area contributed by atoms with Crippen LogP contribution in [0.2, 0.25) is 5.15 Å². The van der Waals surface area contributed by atoms with E-state index >= 15 is 0 Å². The monoisotopic (exact) mass is 307 g/mol. The minimum Gasteiger partial charge on any atom is -0.495 e. The number of carboxylic acid groups (broad SMARTS) is 1. The second kappa shape index (κ2) is 6.68. The van der Waals surface area contributed by atoms with E-state index in [9.17, 15) is 4.79 Å². The fourth-order valence-corrected chi connectivity index (χ4v) is 2.71. The maximum atomic E-state index is 10.8. The number of aliphatic carboxylic acids is 1. The molecule has 2 rings (SSSR count). The molecule has 21 heavy (non-hydrogen) atoms. The van der Waals surface area contributed by atoms with Crippen LogP contribution < -0.4 is 4.74 Å². The Morgan fingerprint density at radius 3 is 2.86 bits per heavy atom. The number of methoxy groups -OCH3 is 1. The van der Waals surface area contributed by atoms with Crippen LogP contribution in [0.4, 0.5) is 0 Å². The van der Waals surface area contributed by atoms with E-state index < -0.39 is 5.97 Å². The first-order valence-electron chi connectivity index (χ1n) is 6.85. The van der Waals surface area contributed by atoms with Gasteiger partial charge in [-0.25, -0.2) is 4.79 Å². The number of fused-ring (bicyclic) bond motifs is 1. The van der Waals surface area contributed by atoms with Crippen molar-refractivity contribution in [2.75, 3.05) is 7.11 Å². The number of aryl methyl sites for hydroxylation is 1. The molecule has 0 atom stereocenters. The van der Waals surface area contributed by atoms with Crippen LogP contribution in [0.15, 0.2) is 24.3 Å². The van der Waals surface area contributed by atoms with Crippen LogP contribution in [0.1, 0.15) is 25.3 Å². The van der Waals surface area contributed by atoms with Crippen molar-refractivity contribution in [3.05, 3.63) is 35.0 Å². The molecule has 1 heterocycles. The number of nitrogens with zero attached hydrogens (tertiary/aromatic N) is 1. The largest absolute Gasteiger partial charge is 0.495 e. The lowest BCUT2D eigenvalue weighted by Gasteiger charge is -2.09. The fourth-order valence-electron chi connectivity index (χ4n) is 2.38. The van der Waals surface area contributed by atoms with E-state index in [1.54, 1.807) is 7.11 Å². The molecule has 5 heteroatoms. The number of benzene rings is 1. The third-order valence-electron chi connectivity index (χ3n) is 3.37. The summed E-state index contributed by atoms with van der Waals surface area (Å²) < 4.78 is 7.41. The third kappa shape index (κ3) is 3.05. The molecule has 0 aliphatic carbocycles. The summed E-state index contributed by atoms with van der Waals surface area (Å²) in [5.74, 6) is -0.260. The van der Waals surface area contributed by atoms with E-state index in [0.29, 0.717) is 10.7 Å². The van der Waals surface area contributed by atoms with E-state index in [0.717, 1.165) is 42.1 Å². The van der Waals surface area contributed by atoms with Crippen LogP contribution in [-0.2, 0) is 11.3 Å². The van der Waals surface area contributed by atoms with Gasteiger partial charge in [0.1, 0.15) is 10.9 Å². The summed E-state index contributed by atoms with van der Waals surface area (Å²) in [6.45, 7) is 2.88. The Kier molecular flexibility index (Phi) is 4.91. The number of ether oxygens (including phenoxy) is 1. The van der Waals surface area contributed by atoms with Crippen molar-refractivity contribution < 1.29 is 14.6 Å². The van der Waals surface area contributed by atoms with Gasteiger partial charge in [-0.05, 0) is 18.6 Å². The predicted molar refractivity (Wildman–Crippen MR) is 85.1 cm³/mol. The molecule has 0 saturated heterocycles. The number of hydrogen-bond acceptors (Lipinski definition) is 2. The van der Waals surface area contributed by atoms with Gasteiger partial charge < -0.3 is 14.4 Å². The zero-order valence-electron chi connectivity index (χ0n) is 12.1. The van der Waals surface area contributed by atoms with Crippen LogP contribution in [0.5, 0.6) is 5.75 Å². The molecule has 2 aromatic rings. The molecule has 0 spiro atoms. The van der Waals surface area contributed by atoms with Crippen LogP contribution in [0.25, 0.3) is 17.0 Å². The quantitative estimate of drug-likeness (QED) is 0.814. The van der Waals surface area contributed by atoms with Crippen LogP contribution in [-0.4, -0.2) is 22.8 Å². The molecule has 0 unspecified atom stereocenters. The molecule has 0 saturated carbocycles. The lowest BCUT2D eigenvalue weighted by Crippen LogP contribution is -1.99. The second-order valence-electron chi connectivity index (χ2n) is 4.74. The molecule has 112 valence electrons. The summed E-state index contributed by atoms with van der Waals surface area (Å²) in [6.07, 6.45) is 4.67. The van der Waals surface area contributed by atoms with E-state index in [1.807, 2.05) is 22.8 Å². The minimum absolute atomic E-state index is 0.542. The predicted octanol–water partition coefficient (Wildman–Crippen LogP) is 4.20. The first-order valence-corrected chi connectivity index (χ1v) is 7.23. The number of unbranched alkanes of at least 4 members (excludes halogenated alkanes) is 1. The van der Waals surface area contributed by atoms with Crippen LogP contribution in [0, 0.1) is 0 Å². The van der Waals surface area contributed by atoms with Crippen molar-refractivity contribution in [3.8, 4) is 5.75 Å². The summed E-state index contributed by atoms with van der Waals surface area (Å²) in [5, 5.41) is 10.3. The molecule has 1 aromatic carbocycles. The van der Waals surface area contributed by atoms with Crippen molar-refractivity contribution >= 4 is 34.5 Å². The number of halogens is 1. The Bertz CT molecular complexity index is 688. The number of aromatic nitrogens is 1. The first kappa shape index (κ1) is 15.4. The zero-order valence-corrected chi connectivity index (χ0v) is 12.9. The molecular weight excluding hydrogens is 290 g/mol. The number of rotatable bonds is 6. The smallest absolute Gasteiger partial charge is 0.328 e. The third-order valence-corrected chi connectivity index (χ3v) is 3.77. The Morgan fingerprint density at radius 2 is 2.24 bits per heavy atom. The minimum atomic E-state index is -0.997. The van der Waals surface area contributed by atoms with E-state index in [4.69, 9.17) is 21.4 Å². The maximum absolute atomic E-state index is 10.8. The Hall–Kier alpha value is -1.94. The van der Waals surface area contributed by atoms with Crippen molar-refractivity contribution in [1.82, 2.24) is 4.57 Å². The van der Waals surface area contributed by atoms with E-state index in [-0.39, 0.29) is 0 Å². The van der Waals surface area contributed by atoms with Crippen molar-refractivity contribution in [1.29, 1.82) is 0 Å². The van der Waals surface area contributed by atoms with Gasteiger partial charge in [0.05, 0.1) is 12.6 Å². The van der Waals surface area contributed by atoms with Gasteiger partial charge in [0, 0.05) is 23.6 Å². The highest BCUT2D eigenvalue weighted by Gasteiger charge is 2.17. The summed E-state index contributed by atoms with van der Waals surface area (Å²) in [7, 11) is 1.62. The average molecular weight is 308 g/mol. The molecule has 0 aliphatic heterocycles. The maximum Gasteiger partial charge on any atom is 0.328 e. The van der Waals surface area contributed by atoms with Gasteiger partial charge in [0.2, 0.25) is 0 Å². The van der Waals surface area contributed by atoms with Gasteiger partial charge in [-0.15, -0.1) is 0 Å². The summed E-state index contributed by atoms with van der Waals surface area (Å²) in [5.41, 5.74) is 1.62. The van der Waals surface area contributed by atoms with Crippen molar-refractivity contribution in [2.24, 2.45) is 0 Å². The fraction of sp³-hybridized carbons (Fsp3) is 0.312. The molecule has 4 nitrogen and oxygen atoms in total. The standard InChI is InChI=1S/C16H18ClNO3/c1-3-4-10-18-15-11(6-5-7-13(15)21-2)12(16(18)17)8-9-14(19)20/h5-9H,3-4,10H2,1-2H3,(H,19,20)/b9-8+. The van der Waals surface area contributed by atoms with Gasteiger partial charge in [-0.2, -0.15) is 0 Å². The van der Waals surface area contributed by atoms with E-state index in [1.165, 1.54) is 6.08 Å². The molecule has 0 bridgehead atoms. The SMILES string of the molecule is CCCCn1c(Cl)c(/C=C/C(=O)O)c2cccc(OC)c21. The highest BCUT2D eigenvalue weighted by Crippen LogP contribution is 2.36. The number of carbonyl (C=O) groups is 1. The number of hydrogen-bond donors (Lipinski definition) is 1. The summed E-state index contributed by atoms with van der Waals surface area (Å²) in [6, 6.07) is 5.68.